The summed E-state index contributed by atoms with van der Waals surface area (Å²) >= 11 is 0. The zero-order valence-corrected chi connectivity index (χ0v) is 63.2. The minimum absolute atomic E-state index is 0.0621. The summed E-state index contributed by atoms with van der Waals surface area (Å²) in [6.45, 7) is 7.03. The van der Waals surface area contributed by atoms with Gasteiger partial charge < -0.3 is 0 Å². The molecule has 0 radical (unpaired) electrons. The summed E-state index contributed by atoms with van der Waals surface area (Å²) in [6.07, 6.45) is 0. The van der Waals surface area contributed by atoms with E-state index in [0.717, 1.165) is 27.8 Å². The largest absolute Gasteiger partial charge is 0.205 e. The maximum atomic E-state index is 14.9. The Hall–Kier alpha value is -17.5. The van der Waals surface area contributed by atoms with Crippen molar-refractivity contribution in [1.82, 2.24) is 0 Å². The standard InChI is InChI=1S/2C20H11FN2.C16H11FN2.2C15H9FN2.C14H7FN2/c21-20-17(14-7-3-1-4-8-14)11-16(12-22)19(18(20)13-23)15-9-5-2-6-10-15;21-20-18(13-23)9-14(12-22)10-19(20)17-8-4-7-16(11-17)15-5-2-1-3-6-15;1-10-4-3-5-11(2)15(10)14-7-12(8-18)6-13(9-19)16(14)17;1-10-12(8-17)7-13(15(16)14(10)9-18)11-5-3-2-4-6-11;1-10-12(8-17)7-13(9-18)15(16)14(10)11-5-3-2-4-6-11;15-14-12(9-17)6-10(8-16)7-13(14)11-4-2-1-3-5-11/h2*1-11H;3-7H,1-2H3;2*2-7H,1H3;1-7H. The SMILES string of the molecule is Cc1c(C#N)cc(-c2ccccc2)c(F)c1C#N.Cc1c(C#N)cc(C#N)c(F)c1-c1ccccc1.Cc1cccc(C)c1-c1cc(C#N)cc(C#N)c1F.N#Cc1cc(-c2ccccc2)c(F)c(C#N)c1-c1ccccc1.N#Cc1cc(C#N)c(F)c(-c2cccc(-c3ccccc3)c2)c1.N#Cc1cc(C#N)c(F)c(-c2ccccc2)c1. The van der Waals surface area contributed by atoms with Gasteiger partial charge in [-0.2, -0.15) is 63.1 Å². The average Bonchev–Trinajstić information content (AvgIpc) is 0.790. The lowest BCUT2D eigenvalue weighted by Gasteiger charge is -2.12. The maximum Gasteiger partial charge on any atom is 0.149 e. The predicted molar refractivity (Wildman–Crippen MR) is 437 cm³/mol. The molecule has 0 amide bonds. The minimum Gasteiger partial charge on any atom is -0.205 e. The molecule has 12 nitrogen and oxygen atoms in total. The van der Waals surface area contributed by atoms with E-state index in [0.29, 0.717) is 72.3 Å². The third kappa shape index (κ3) is 19.6. The molecule has 118 heavy (non-hydrogen) atoms. The van der Waals surface area contributed by atoms with Gasteiger partial charge in [0, 0.05) is 38.9 Å². The Morgan fingerprint density at radius 1 is 0.186 bits per heavy atom. The summed E-state index contributed by atoms with van der Waals surface area (Å²) < 4.78 is 86.0. The second-order valence-corrected chi connectivity index (χ2v) is 25.6. The number of halogens is 6. The van der Waals surface area contributed by atoms with Gasteiger partial charge in [0.2, 0.25) is 0 Å². The molecular formula is C100H58F6N12. The molecule has 0 bridgehead atoms. The highest BCUT2D eigenvalue weighted by Gasteiger charge is 2.23. The Balaban J connectivity index is 0.000000162. The van der Waals surface area contributed by atoms with Crippen molar-refractivity contribution in [2.45, 2.75) is 27.7 Å². The predicted octanol–water partition coefficient (Wildman–Crippen LogP) is 24.0. The second-order valence-electron chi connectivity index (χ2n) is 25.6. The first-order valence-electron chi connectivity index (χ1n) is 35.5. The van der Waals surface area contributed by atoms with Gasteiger partial charge in [-0.3, -0.25) is 0 Å². The van der Waals surface area contributed by atoms with E-state index in [9.17, 15) is 36.9 Å². The van der Waals surface area contributed by atoms with Crippen LogP contribution in [0.25, 0.3) is 89.0 Å². The molecule has 14 rings (SSSR count). The minimum atomic E-state index is -0.600. The number of benzene rings is 14. The molecule has 0 aliphatic rings. The van der Waals surface area contributed by atoms with Crippen molar-refractivity contribution in [1.29, 1.82) is 63.1 Å². The zero-order valence-electron chi connectivity index (χ0n) is 63.2. The number of nitrogens with zero attached hydrogens (tertiary/aromatic N) is 12. The van der Waals surface area contributed by atoms with Crippen LogP contribution in [0, 0.1) is 199 Å². The molecule has 0 atom stereocenters. The van der Waals surface area contributed by atoms with E-state index in [2.05, 4.69) is 6.07 Å². The van der Waals surface area contributed by atoms with Gasteiger partial charge in [-0.1, -0.05) is 218 Å². The summed E-state index contributed by atoms with van der Waals surface area (Å²) in [4.78, 5) is 0. The van der Waals surface area contributed by atoms with Crippen LogP contribution in [0.15, 0.2) is 279 Å². The molecule has 0 N–H and O–H groups in total. The number of hydrogen-bond donors (Lipinski definition) is 0. The number of nitriles is 12. The Bertz CT molecular complexity index is 6620. The fourth-order valence-corrected chi connectivity index (χ4v) is 12.6. The van der Waals surface area contributed by atoms with Gasteiger partial charge >= 0.3 is 0 Å². The third-order valence-corrected chi connectivity index (χ3v) is 18.4. The average molecular weight is 1540 g/mol. The van der Waals surface area contributed by atoms with E-state index >= 15 is 0 Å². The van der Waals surface area contributed by atoms with E-state index in [1.54, 1.807) is 166 Å². The van der Waals surface area contributed by atoms with Crippen molar-refractivity contribution in [2.75, 3.05) is 0 Å². The van der Waals surface area contributed by atoms with Crippen molar-refractivity contribution in [3.8, 4) is 162 Å². The van der Waals surface area contributed by atoms with E-state index in [4.69, 9.17) is 52.6 Å². The lowest BCUT2D eigenvalue weighted by molar-refractivity contribution is 0.625. The van der Waals surface area contributed by atoms with Gasteiger partial charge in [0.15, 0.2) is 0 Å². The van der Waals surface area contributed by atoms with E-state index in [1.165, 1.54) is 54.6 Å². The molecule has 0 heterocycles. The second kappa shape index (κ2) is 40.5. The quantitative estimate of drug-likeness (QED) is 0.128. The third-order valence-electron chi connectivity index (χ3n) is 18.4. The fraction of sp³-hybridized carbons (Fsp3) is 0.0400. The van der Waals surface area contributed by atoms with Gasteiger partial charge in [-0.25, -0.2) is 26.3 Å². The molecule has 0 aliphatic heterocycles. The molecular weight excluding hydrogens is 1480 g/mol. The Morgan fingerprint density at radius 2 is 0.483 bits per heavy atom. The highest BCUT2D eigenvalue weighted by molar-refractivity contribution is 5.83. The number of aryl methyl sites for hydroxylation is 2. The number of hydrogen-bond acceptors (Lipinski definition) is 12. The first-order chi connectivity index (χ1) is 57.2. The van der Waals surface area contributed by atoms with Crippen molar-refractivity contribution < 1.29 is 26.3 Å². The molecule has 0 spiro atoms. The van der Waals surface area contributed by atoms with Gasteiger partial charge in [0.05, 0.1) is 103 Å². The monoisotopic (exact) mass is 1540 g/mol. The summed E-state index contributed by atoms with van der Waals surface area (Å²) in [5.41, 5.74) is 12.6. The molecule has 0 aliphatic carbocycles. The van der Waals surface area contributed by atoms with E-state index < -0.39 is 34.9 Å². The van der Waals surface area contributed by atoms with Crippen LogP contribution >= 0.6 is 0 Å². The highest BCUT2D eigenvalue weighted by atomic mass is 19.1. The summed E-state index contributed by atoms with van der Waals surface area (Å²) in [6, 6.07) is 103. The van der Waals surface area contributed by atoms with Gasteiger partial charge in [0.1, 0.15) is 71.3 Å². The molecule has 0 unspecified atom stereocenters. The molecule has 0 saturated heterocycles. The fourth-order valence-electron chi connectivity index (χ4n) is 12.6. The van der Waals surface area contributed by atoms with Gasteiger partial charge in [-0.15, -0.1) is 0 Å². The van der Waals surface area contributed by atoms with Gasteiger partial charge in [-0.05, 0) is 161 Å². The van der Waals surface area contributed by atoms with Crippen molar-refractivity contribution in [3.05, 3.63) is 403 Å². The Kier molecular flexibility index (Phi) is 29.0. The first-order valence-corrected chi connectivity index (χ1v) is 35.5. The maximum absolute atomic E-state index is 14.9. The van der Waals surface area contributed by atoms with Crippen molar-refractivity contribution in [2.24, 2.45) is 0 Å². The Labute approximate surface area is 678 Å². The summed E-state index contributed by atoms with van der Waals surface area (Å²) in [7, 11) is 0. The molecule has 0 fully saturated rings. The van der Waals surface area contributed by atoms with Crippen LogP contribution in [0.3, 0.4) is 0 Å². The van der Waals surface area contributed by atoms with Crippen LogP contribution in [-0.2, 0) is 0 Å². The smallest absolute Gasteiger partial charge is 0.149 e. The van der Waals surface area contributed by atoms with Crippen LogP contribution in [0.5, 0.6) is 0 Å². The first kappa shape index (κ1) is 84.6. The van der Waals surface area contributed by atoms with Crippen LogP contribution in [0.1, 0.15) is 89.0 Å². The van der Waals surface area contributed by atoms with Crippen LogP contribution in [0.2, 0.25) is 0 Å². The zero-order chi connectivity index (χ0) is 85.0. The van der Waals surface area contributed by atoms with Crippen molar-refractivity contribution in [3.63, 3.8) is 0 Å². The van der Waals surface area contributed by atoms with Gasteiger partial charge in [0.25, 0.3) is 0 Å². The van der Waals surface area contributed by atoms with E-state index in [1.807, 2.05) is 153 Å². The van der Waals surface area contributed by atoms with Crippen LogP contribution < -0.4 is 0 Å². The molecule has 14 aromatic carbocycles. The van der Waals surface area contributed by atoms with Crippen molar-refractivity contribution >= 4 is 0 Å². The molecule has 0 saturated carbocycles. The molecule has 560 valence electrons. The lowest BCUT2D eigenvalue weighted by atomic mass is 9.90. The lowest BCUT2D eigenvalue weighted by Crippen LogP contribution is -1.98. The normalized spacial score (nSPS) is 9.68. The van der Waals surface area contributed by atoms with Crippen LogP contribution in [0.4, 0.5) is 26.3 Å². The number of rotatable bonds is 8. The van der Waals surface area contributed by atoms with E-state index in [-0.39, 0.29) is 77.9 Å². The molecule has 18 heteroatoms. The summed E-state index contributed by atoms with van der Waals surface area (Å²) in [5, 5.41) is 109. The summed E-state index contributed by atoms with van der Waals surface area (Å²) in [5.74, 6) is -3.50. The molecule has 0 aromatic heterocycles. The topological polar surface area (TPSA) is 285 Å². The molecule has 14 aromatic rings. The Morgan fingerprint density at radius 3 is 0.873 bits per heavy atom. The van der Waals surface area contributed by atoms with Crippen LogP contribution in [-0.4, -0.2) is 0 Å². The highest BCUT2D eigenvalue weighted by Crippen LogP contribution is 2.38.